The summed E-state index contributed by atoms with van der Waals surface area (Å²) < 4.78 is 0. The van der Waals surface area contributed by atoms with E-state index in [0.29, 0.717) is 11.4 Å². The van der Waals surface area contributed by atoms with Crippen LogP contribution in [0.15, 0.2) is 23.5 Å². The summed E-state index contributed by atoms with van der Waals surface area (Å²) >= 11 is 0. The highest BCUT2D eigenvalue weighted by atomic mass is 16.4. The van der Waals surface area contributed by atoms with E-state index in [1.54, 1.807) is 30.3 Å². The zero-order valence-electron chi connectivity index (χ0n) is 10.3. The number of rotatable bonds is 4. The fraction of sp³-hybridized carbons (Fsp3) is 0.455. The van der Waals surface area contributed by atoms with Crippen molar-refractivity contribution in [1.82, 2.24) is 4.98 Å². The second-order valence-electron chi connectivity index (χ2n) is 4.39. The van der Waals surface area contributed by atoms with Crippen LogP contribution in [0.1, 0.15) is 19.4 Å². The lowest BCUT2D eigenvalue weighted by Gasteiger charge is -2.35. The second kappa shape index (κ2) is 5.01. The van der Waals surface area contributed by atoms with E-state index in [-0.39, 0.29) is 12.4 Å². The van der Waals surface area contributed by atoms with Crippen LogP contribution in [0.2, 0.25) is 0 Å². The highest BCUT2D eigenvalue weighted by Gasteiger charge is 2.26. The molecule has 0 bridgehead atoms. The Morgan fingerprint density at radius 3 is 2.76 bits per heavy atom. The standard InChI is InChI=1S/C11H18N4O2/c1-11(2,7-16)15(3)10-8(9(12)14-17)5-4-6-13-10/h4-6,16-17H,7H2,1-3H3,(H2,12,14). The number of aliphatic hydroxyl groups excluding tert-OH is 1. The van der Waals surface area contributed by atoms with E-state index in [4.69, 9.17) is 10.9 Å². The molecule has 1 rings (SSSR count). The van der Waals surface area contributed by atoms with Gasteiger partial charge in [0.05, 0.1) is 17.7 Å². The van der Waals surface area contributed by atoms with E-state index >= 15 is 0 Å². The number of hydrogen-bond acceptors (Lipinski definition) is 5. The number of hydrogen-bond donors (Lipinski definition) is 3. The molecule has 1 heterocycles. The maximum atomic E-state index is 9.33. The predicted octanol–water partition coefficient (Wildman–Crippen LogP) is 0.383. The molecule has 0 unspecified atom stereocenters. The van der Waals surface area contributed by atoms with E-state index in [1.165, 1.54) is 0 Å². The predicted molar refractivity (Wildman–Crippen MR) is 66.3 cm³/mol. The Bertz CT molecular complexity index is 418. The second-order valence-corrected chi connectivity index (χ2v) is 4.39. The number of nitrogens with zero attached hydrogens (tertiary/aromatic N) is 3. The number of aliphatic hydroxyl groups is 1. The Balaban J connectivity index is 3.23. The van der Waals surface area contributed by atoms with Crippen LogP contribution < -0.4 is 10.6 Å². The molecule has 0 fully saturated rings. The number of oxime groups is 1. The third-order valence-corrected chi connectivity index (χ3v) is 2.78. The molecule has 6 nitrogen and oxygen atoms in total. The van der Waals surface area contributed by atoms with Gasteiger partial charge in [0, 0.05) is 13.2 Å². The van der Waals surface area contributed by atoms with Crippen molar-refractivity contribution in [2.75, 3.05) is 18.6 Å². The first-order valence-electron chi connectivity index (χ1n) is 5.21. The van der Waals surface area contributed by atoms with Gasteiger partial charge in [0.25, 0.3) is 0 Å². The van der Waals surface area contributed by atoms with Gasteiger partial charge in [0.2, 0.25) is 0 Å². The number of anilines is 1. The van der Waals surface area contributed by atoms with Crippen molar-refractivity contribution in [2.45, 2.75) is 19.4 Å². The molecule has 0 aliphatic carbocycles. The summed E-state index contributed by atoms with van der Waals surface area (Å²) in [6.45, 7) is 3.71. The molecule has 1 aromatic heterocycles. The molecule has 6 heteroatoms. The number of likely N-dealkylation sites (N-methyl/N-ethyl adjacent to an activating group) is 1. The Morgan fingerprint density at radius 2 is 2.24 bits per heavy atom. The molecule has 4 N–H and O–H groups in total. The minimum atomic E-state index is -0.487. The quantitative estimate of drug-likeness (QED) is 0.305. The van der Waals surface area contributed by atoms with Crippen molar-refractivity contribution in [2.24, 2.45) is 10.9 Å². The molecule has 1 aromatic rings. The monoisotopic (exact) mass is 238 g/mol. The van der Waals surface area contributed by atoms with E-state index in [2.05, 4.69) is 10.1 Å². The maximum Gasteiger partial charge on any atom is 0.173 e. The van der Waals surface area contributed by atoms with Gasteiger partial charge in [-0.2, -0.15) is 0 Å². The SMILES string of the molecule is CN(c1ncccc1/C(N)=N/O)C(C)(C)CO. The molecule has 0 spiro atoms. The van der Waals surface area contributed by atoms with Gasteiger partial charge < -0.3 is 20.9 Å². The van der Waals surface area contributed by atoms with Gasteiger partial charge >= 0.3 is 0 Å². The molecule has 0 saturated heterocycles. The molecule has 0 radical (unpaired) electrons. The molecule has 0 saturated carbocycles. The van der Waals surface area contributed by atoms with Crippen molar-refractivity contribution >= 4 is 11.7 Å². The fourth-order valence-corrected chi connectivity index (χ4v) is 1.31. The van der Waals surface area contributed by atoms with Gasteiger partial charge in [0.15, 0.2) is 5.84 Å². The Morgan fingerprint density at radius 1 is 1.59 bits per heavy atom. The smallest absolute Gasteiger partial charge is 0.173 e. The summed E-state index contributed by atoms with van der Waals surface area (Å²) in [6, 6.07) is 3.41. The lowest BCUT2D eigenvalue weighted by atomic mass is 10.0. The largest absolute Gasteiger partial charge is 0.409 e. The van der Waals surface area contributed by atoms with Crippen LogP contribution in [-0.2, 0) is 0 Å². The van der Waals surface area contributed by atoms with E-state index < -0.39 is 5.54 Å². The average molecular weight is 238 g/mol. The van der Waals surface area contributed by atoms with Crippen LogP contribution in [0.5, 0.6) is 0 Å². The molecule has 0 atom stereocenters. The van der Waals surface area contributed by atoms with Gasteiger partial charge in [-0.25, -0.2) is 4.98 Å². The minimum absolute atomic E-state index is 0.00584. The molecule has 0 aliphatic rings. The molecule has 17 heavy (non-hydrogen) atoms. The minimum Gasteiger partial charge on any atom is -0.409 e. The maximum absolute atomic E-state index is 9.33. The van der Waals surface area contributed by atoms with Gasteiger partial charge in [0.1, 0.15) is 5.82 Å². The van der Waals surface area contributed by atoms with Crippen LogP contribution in [0.25, 0.3) is 0 Å². The first kappa shape index (κ1) is 13.2. The number of aromatic nitrogens is 1. The lowest BCUT2D eigenvalue weighted by Crippen LogP contribution is -2.45. The number of nitrogens with two attached hydrogens (primary N) is 1. The van der Waals surface area contributed by atoms with Crippen LogP contribution in [0.3, 0.4) is 0 Å². The molecule has 94 valence electrons. The molecule has 0 amide bonds. The summed E-state index contributed by atoms with van der Waals surface area (Å²) in [4.78, 5) is 6.00. The van der Waals surface area contributed by atoms with Gasteiger partial charge in [-0.05, 0) is 26.0 Å². The van der Waals surface area contributed by atoms with Gasteiger partial charge in [-0.3, -0.25) is 0 Å². The van der Waals surface area contributed by atoms with E-state index in [0.717, 1.165) is 0 Å². The molecule has 0 aliphatic heterocycles. The highest BCUT2D eigenvalue weighted by Crippen LogP contribution is 2.23. The van der Waals surface area contributed by atoms with Crippen LogP contribution in [-0.4, -0.2) is 40.3 Å². The first-order chi connectivity index (χ1) is 7.94. The molecule has 0 aromatic carbocycles. The summed E-state index contributed by atoms with van der Waals surface area (Å²) in [7, 11) is 1.80. The van der Waals surface area contributed by atoms with Crippen molar-refractivity contribution < 1.29 is 10.3 Å². The molecular weight excluding hydrogens is 220 g/mol. The average Bonchev–Trinajstić information content (AvgIpc) is 2.36. The highest BCUT2D eigenvalue weighted by molar-refractivity contribution is 6.01. The van der Waals surface area contributed by atoms with Crippen molar-refractivity contribution in [1.29, 1.82) is 0 Å². The van der Waals surface area contributed by atoms with Crippen LogP contribution in [0.4, 0.5) is 5.82 Å². The first-order valence-corrected chi connectivity index (χ1v) is 5.21. The van der Waals surface area contributed by atoms with Gasteiger partial charge in [-0.15, -0.1) is 0 Å². The topological polar surface area (TPSA) is 95.0 Å². The Kier molecular flexibility index (Phi) is 3.90. The van der Waals surface area contributed by atoms with E-state index in [9.17, 15) is 5.11 Å². The third kappa shape index (κ3) is 2.65. The van der Waals surface area contributed by atoms with Crippen molar-refractivity contribution in [3.05, 3.63) is 23.9 Å². The summed E-state index contributed by atoms with van der Waals surface area (Å²) in [5, 5.41) is 21.0. The Labute approximate surface area is 100 Å². The van der Waals surface area contributed by atoms with Gasteiger partial charge in [-0.1, -0.05) is 5.16 Å². The third-order valence-electron chi connectivity index (χ3n) is 2.78. The normalized spacial score (nSPS) is 12.6. The molecular formula is C11H18N4O2. The van der Waals surface area contributed by atoms with E-state index in [1.807, 2.05) is 13.8 Å². The Hall–Kier alpha value is -1.82. The number of amidine groups is 1. The van der Waals surface area contributed by atoms with Crippen LogP contribution in [0, 0.1) is 0 Å². The summed E-state index contributed by atoms with van der Waals surface area (Å²) in [6.07, 6.45) is 1.62. The van der Waals surface area contributed by atoms with Crippen LogP contribution >= 0.6 is 0 Å². The summed E-state index contributed by atoms with van der Waals surface area (Å²) in [5.74, 6) is 0.551. The van der Waals surface area contributed by atoms with Crippen molar-refractivity contribution in [3.8, 4) is 0 Å². The lowest BCUT2D eigenvalue weighted by molar-refractivity contribution is 0.215. The fourth-order valence-electron chi connectivity index (χ4n) is 1.31. The summed E-state index contributed by atoms with van der Waals surface area (Å²) in [5.41, 5.74) is 5.63. The zero-order chi connectivity index (χ0) is 13.1. The number of pyridine rings is 1. The van der Waals surface area contributed by atoms with Crippen molar-refractivity contribution in [3.63, 3.8) is 0 Å². The zero-order valence-corrected chi connectivity index (χ0v) is 10.3.